The third-order valence-electron chi connectivity index (χ3n) is 1.79. The zero-order valence-electron chi connectivity index (χ0n) is 7.15. The number of hydrogen-bond acceptors (Lipinski definition) is 2. The van der Waals surface area contributed by atoms with E-state index in [4.69, 9.17) is 10.8 Å². The number of nitrogens with two attached hydrogens (primary N) is 1. The second-order valence-electron chi connectivity index (χ2n) is 2.77. The Kier molecular flexibility index (Phi) is 3.95. The monoisotopic (exact) mass is 321 g/mol. The quantitative estimate of drug-likeness (QED) is 0.664. The summed E-state index contributed by atoms with van der Waals surface area (Å²) in [5, 5.41) is 8.79. The number of carboxylic acid groups (broad SMARTS) is 1. The number of para-hydroxylation sites is 1. The van der Waals surface area contributed by atoms with Gasteiger partial charge in [-0.1, -0.05) is 50.1 Å². The lowest BCUT2D eigenvalue weighted by atomic mass is 10.1. The van der Waals surface area contributed by atoms with E-state index in [0.717, 1.165) is 5.56 Å². The Morgan fingerprint density at radius 2 is 1.93 bits per heavy atom. The Hall–Kier alpha value is -0.550. The molecule has 0 aliphatic carbocycles. The second-order valence-corrected chi connectivity index (χ2v) is 4.74. The van der Waals surface area contributed by atoms with Gasteiger partial charge in [-0.3, -0.25) is 4.79 Å². The minimum Gasteiger partial charge on any atom is -0.480 e. The van der Waals surface area contributed by atoms with Crippen molar-refractivity contribution < 1.29 is 9.90 Å². The van der Waals surface area contributed by atoms with Crippen LogP contribution in [0.4, 0.5) is 5.69 Å². The van der Waals surface area contributed by atoms with Gasteiger partial charge in [0.05, 0.1) is 4.83 Å². The molecule has 0 fully saturated rings. The second kappa shape index (κ2) is 4.79. The minimum atomic E-state index is -0.921. The minimum absolute atomic E-state index is 0.332. The standard InChI is InChI=1S/C9H9Br2NO2/c10-7(8(11)9(13)14)5-3-1-2-4-6(5)12/h1-4,7-8H,12H2,(H,13,14)/t7-,8+/m1/s1. The third-order valence-corrected chi connectivity index (χ3v) is 4.44. The molecule has 0 unspecified atom stereocenters. The molecular weight excluding hydrogens is 314 g/mol. The maximum Gasteiger partial charge on any atom is 0.318 e. The fraction of sp³-hybridized carbons (Fsp3) is 0.222. The predicted octanol–water partition coefficient (Wildman–Crippen LogP) is 2.55. The van der Waals surface area contributed by atoms with Crippen molar-refractivity contribution in [2.24, 2.45) is 0 Å². The average molecular weight is 323 g/mol. The van der Waals surface area contributed by atoms with Crippen molar-refractivity contribution >= 4 is 43.5 Å². The van der Waals surface area contributed by atoms with Gasteiger partial charge in [0.25, 0.3) is 0 Å². The number of benzene rings is 1. The summed E-state index contributed by atoms with van der Waals surface area (Å²) in [6, 6.07) is 7.17. The zero-order valence-corrected chi connectivity index (χ0v) is 10.3. The molecule has 0 aliphatic heterocycles. The molecule has 0 amide bonds. The van der Waals surface area contributed by atoms with Crippen LogP contribution < -0.4 is 5.73 Å². The predicted molar refractivity (Wildman–Crippen MR) is 62.9 cm³/mol. The van der Waals surface area contributed by atoms with Crippen LogP contribution in [0.1, 0.15) is 10.4 Å². The van der Waals surface area contributed by atoms with Crippen LogP contribution in [0.25, 0.3) is 0 Å². The van der Waals surface area contributed by atoms with Gasteiger partial charge in [-0.15, -0.1) is 0 Å². The van der Waals surface area contributed by atoms with Crippen LogP contribution in [0.5, 0.6) is 0 Å². The molecule has 0 aromatic heterocycles. The molecule has 1 aromatic carbocycles. The molecule has 3 nitrogen and oxygen atoms in total. The number of halogens is 2. The summed E-state index contributed by atoms with van der Waals surface area (Å²) in [5.41, 5.74) is 7.07. The Labute approximate surface area is 98.6 Å². The summed E-state index contributed by atoms with van der Waals surface area (Å²) in [4.78, 5) is 9.69. The van der Waals surface area contributed by atoms with Crippen LogP contribution in [0.15, 0.2) is 24.3 Å². The molecule has 14 heavy (non-hydrogen) atoms. The number of nitrogen functional groups attached to an aromatic ring is 1. The average Bonchev–Trinajstić information content (AvgIpc) is 2.16. The van der Waals surface area contributed by atoms with Gasteiger partial charge in [-0.25, -0.2) is 0 Å². The van der Waals surface area contributed by atoms with Crippen LogP contribution in [-0.2, 0) is 4.79 Å². The first-order valence-electron chi connectivity index (χ1n) is 3.89. The van der Waals surface area contributed by atoms with Gasteiger partial charge >= 0.3 is 5.97 Å². The molecule has 3 N–H and O–H groups in total. The highest BCUT2D eigenvalue weighted by Crippen LogP contribution is 2.34. The fourth-order valence-electron chi connectivity index (χ4n) is 1.04. The molecule has 0 bridgehead atoms. The van der Waals surface area contributed by atoms with E-state index in [1.807, 2.05) is 12.1 Å². The van der Waals surface area contributed by atoms with Gasteiger partial charge in [-0.05, 0) is 11.6 Å². The smallest absolute Gasteiger partial charge is 0.318 e. The number of hydrogen-bond donors (Lipinski definition) is 2. The lowest BCUT2D eigenvalue weighted by Crippen LogP contribution is -2.18. The normalized spacial score (nSPS) is 14.7. The highest BCUT2D eigenvalue weighted by molar-refractivity contribution is 9.12. The van der Waals surface area contributed by atoms with Crippen molar-refractivity contribution in [3.05, 3.63) is 29.8 Å². The Morgan fingerprint density at radius 1 is 1.36 bits per heavy atom. The maximum absolute atomic E-state index is 10.7. The molecule has 5 heteroatoms. The van der Waals surface area contributed by atoms with Crippen molar-refractivity contribution in [2.45, 2.75) is 9.65 Å². The topological polar surface area (TPSA) is 63.3 Å². The summed E-state index contributed by atoms with van der Waals surface area (Å²) in [5.74, 6) is -0.921. The molecule has 0 aliphatic rings. The Balaban J connectivity index is 2.94. The van der Waals surface area contributed by atoms with Crippen molar-refractivity contribution in [1.82, 2.24) is 0 Å². The molecule has 0 saturated heterocycles. The van der Waals surface area contributed by atoms with E-state index in [-0.39, 0.29) is 4.83 Å². The Morgan fingerprint density at radius 3 is 2.43 bits per heavy atom. The molecule has 0 radical (unpaired) electrons. The van der Waals surface area contributed by atoms with E-state index in [0.29, 0.717) is 5.69 Å². The van der Waals surface area contributed by atoms with E-state index in [9.17, 15) is 4.79 Å². The van der Waals surface area contributed by atoms with Crippen LogP contribution in [0.3, 0.4) is 0 Å². The van der Waals surface area contributed by atoms with Crippen LogP contribution in [0, 0.1) is 0 Å². The van der Waals surface area contributed by atoms with Gasteiger partial charge in [0.1, 0.15) is 4.83 Å². The molecule has 76 valence electrons. The number of aliphatic carboxylic acids is 1. The molecular formula is C9H9Br2NO2. The molecule has 2 atom stereocenters. The number of anilines is 1. The zero-order chi connectivity index (χ0) is 10.7. The van der Waals surface area contributed by atoms with Gasteiger partial charge < -0.3 is 10.8 Å². The summed E-state index contributed by atoms with van der Waals surface area (Å²) in [7, 11) is 0. The van der Waals surface area contributed by atoms with Crippen molar-refractivity contribution in [3.63, 3.8) is 0 Å². The Bertz CT molecular complexity index is 343. The van der Waals surface area contributed by atoms with Gasteiger partial charge in [0, 0.05) is 5.69 Å². The highest BCUT2D eigenvalue weighted by atomic mass is 79.9. The fourth-order valence-corrected chi connectivity index (χ4v) is 1.97. The number of alkyl halides is 2. The van der Waals surface area contributed by atoms with E-state index in [1.165, 1.54) is 0 Å². The third kappa shape index (κ3) is 2.48. The maximum atomic E-state index is 10.7. The lowest BCUT2D eigenvalue weighted by Gasteiger charge is -2.14. The van der Waals surface area contributed by atoms with Gasteiger partial charge in [0.15, 0.2) is 0 Å². The highest BCUT2D eigenvalue weighted by Gasteiger charge is 2.25. The summed E-state index contributed by atoms with van der Waals surface area (Å²) >= 11 is 6.37. The molecule has 1 rings (SSSR count). The summed E-state index contributed by atoms with van der Waals surface area (Å²) in [6.45, 7) is 0. The van der Waals surface area contributed by atoms with E-state index < -0.39 is 10.8 Å². The number of rotatable bonds is 3. The van der Waals surface area contributed by atoms with E-state index in [2.05, 4.69) is 31.9 Å². The first-order valence-corrected chi connectivity index (χ1v) is 5.72. The first-order chi connectivity index (χ1) is 6.54. The largest absolute Gasteiger partial charge is 0.480 e. The van der Waals surface area contributed by atoms with Crippen LogP contribution >= 0.6 is 31.9 Å². The van der Waals surface area contributed by atoms with Crippen LogP contribution in [-0.4, -0.2) is 15.9 Å². The molecule has 0 heterocycles. The van der Waals surface area contributed by atoms with Crippen molar-refractivity contribution in [1.29, 1.82) is 0 Å². The van der Waals surface area contributed by atoms with Gasteiger partial charge in [0.2, 0.25) is 0 Å². The van der Waals surface area contributed by atoms with E-state index in [1.54, 1.807) is 12.1 Å². The first kappa shape index (κ1) is 11.5. The lowest BCUT2D eigenvalue weighted by molar-refractivity contribution is -0.136. The molecule has 1 aromatic rings. The number of carboxylic acids is 1. The molecule has 0 saturated carbocycles. The summed E-state index contributed by atoms with van der Waals surface area (Å²) < 4.78 is 0. The SMILES string of the molecule is Nc1ccccc1[C@@H](Br)[C@H](Br)C(=O)O. The molecule has 0 spiro atoms. The summed E-state index contributed by atoms with van der Waals surface area (Å²) in [6.07, 6.45) is 0. The number of carbonyl (C=O) groups is 1. The van der Waals surface area contributed by atoms with Crippen LogP contribution in [0.2, 0.25) is 0 Å². The van der Waals surface area contributed by atoms with E-state index >= 15 is 0 Å². The van der Waals surface area contributed by atoms with Gasteiger partial charge in [-0.2, -0.15) is 0 Å². The van der Waals surface area contributed by atoms with Crippen molar-refractivity contribution in [3.8, 4) is 0 Å². The van der Waals surface area contributed by atoms with Crippen molar-refractivity contribution in [2.75, 3.05) is 5.73 Å².